The Labute approximate surface area is 115 Å². The summed E-state index contributed by atoms with van der Waals surface area (Å²) in [5, 5.41) is 11.8. The highest BCUT2D eigenvalue weighted by molar-refractivity contribution is 5.35. The van der Waals surface area contributed by atoms with E-state index in [1.54, 1.807) is 7.11 Å². The maximum absolute atomic E-state index is 8.67. The molecule has 1 N–H and O–H groups in total. The first-order valence-corrected chi connectivity index (χ1v) is 6.57. The van der Waals surface area contributed by atoms with Crippen LogP contribution in [0.1, 0.15) is 18.9 Å². The van der Waals surface area contributed by atoms with Gasteiger partial charge in [-0.05, 0) is 18.6 Å². The van der Waals surface area contributed by atoms with E-state index >= 15 is 0 Å². The molecule has 5 nitrogen and oxygen atoms in total. The maximum Gasteiger partial charge on any atom is 0.125 e. The monoisotopic (exact) mass is 262 g/mol. The van der Waals surface area contributed by atoms with Crippen LogP contribution in [0.5, 0.6) is 0 Å². The van der Waals surface area contributed by atoms with Gasteiger partial charge < -0.3 is 10.1 Å². The number of nitrogens with zero attached hydrogens (tertiary/aromatic N) is 3. The van der Waals surface area contributed by atoms with Crippen LogP contribution >= 0.6 is 0 Å². The Morgan fingerprint density at radius 3 is 2.84 bits per heavy atom. The Hall–Kier alpha value is -1.64. The van der Waals surface area contributed by atoms with Crippen molar-refractivity contribution in [2.24, 2.45) is 0 Å². The summed E-state index contributed by atoms with van der Waals surface area (Å²) < 4.78 is 5.09. The van der Waals surface area contributed by atoms with Gasteiger partial charge in [0.05, 0.1) is 12.7 Å². The van der Waals surface area contributed by atoms with E-state index in [1.165, 1.54) is 0 Å². The molecule has 0 aliphatic heterocycles. The van der Waals surface area contributed by atoms with Gasteiger partial charge in [-0.15, -0.1) is 0 Å². The third-order valence-corrected chi connectivity index (χ3v) is 2.74. The number of aromatic nitrogens is 1. The average molecular weight is 262 g/mol. The minimum absolute atomic E-state index is 0.534. The second kappa shape index (κ2) is 9.31. The summed E-state index contributed by atoms with van der Waals surface area (Å²) in [6.07, 6.45) is 2.41. The first-order valence-electron chi connectivity index (χ1n) is 6.57. The van der Waals surface area contributed by atoms with E-state index in [1.807, 2.05) is 19.2 Å². The average Bonchev–Trinajstić information content (AvgIpc) is 2.44. The lowest BCUT2D eigenvalue weighted by Crippen LogP contribution is -2.28. The lowest BCUT2D eigenvalue weighted by molar-refractivity contribution is 0.145. The Balaban J connectivity index is 2.54. The van der Waals surface area contributed by atoms with Gasteiger partial charge in [0.25, 0.3) is 0 Å². The molecule has 0 aromatic carbocycles. The normalized spacial score (nSPS) is 10.4. The highest BCUT2D eigenvalue weighted by Crippen LogP contribution is 2.08. The molecule has 0 spiro atoms. The van der Waals surface area contributed by atoms with Crippen molar-refractivity contribution < 1.29 is 4.74 Å². The fourth-order valence-electron chi connectivity index (χ4n) is 1.76. The van der Waals surface area contributed by atoms with Crippen LogP contribution in [0.3, 0.4) is 0 Å². The summed E-state index contributed by atoms with van der Waals surface area (Å²) in [6.45, 7) is 5.97. The minimum Gasteiger partial charge on any atom is -0.383 e. The van der Waals surface area contributed by atoms with Crippen LogP contribution in [-0.2, 0) is 11.3 Å². The van der Waals surface area contributed by atoms with Crippen molar-refractivity contribution in [2.75, 3.05) is 38.7 Å². The van der Waals surface area contributed by atoms with Crippen molar-refractivity contribution in [3.8, 4) is 6.07 Å². The predicted octanol–water partition coefficient (Wildman–Crippen LogP) is 1.88. The number of nitriles is 1. The van der Waals surface area contributed by atoms with Crippen LogP contribution in [-0.4, -0.2) is 43.2 Å². The van der Waals surface area contributed by atoms with Crippen LogP contribution < -0.4 is 5.32 Å². The van der Waals surface area contributed by atoms with E-state index in [4.69, 9.17) is 10.00 Å². The quantitative estimate of drug-likeness (QED) is 0.736. The molecular formula is C14H22N4O. The van der Waals surface area contributed by atoms with E-state index in [0.717, 1.165) is 37.6 Å². The van der Waals surface area contributed by atoms with Crippen LogP contribution in [0.15, 0.2) is 18.3 Å². The largest absolute Gasteiger partial charge is 0.383 e. The smallest absolute Gasteiger partial charge is 0.125 e. The van der Waals surface area contributed by atoms with E-state index < -0.39 is 0 Å². The van der Waals surface area contributed by atoms with E-state index in [2.05, 4.69) is 27.3 Å². The molecule has 0 bridgehead atoms. The SMILES string of the molecule is CCNc1ccc(CN(CCC#N)CCOC)cn1. The van der Waals surface area contributed by atoms with Gasteiger partial charge in [-0.2, -0.15) is 5.26 Å². The Kier molecular flexibility index (Phi) is 7.56. The standard InChI is InChI=1S/C14H22N4O/c1-3-16-14-6-5-13(11-17-14)12-18(8-4-7-15)9-10-19-2/h5-6,11H,3-4,8-10,12H2,1-2H3,(H,16,17). The Bertz CT molecular complexity index is 385. The summed E-state index contributed by atoms with van der Waals surface area (Å²) >= 11 is 0. The van der Waals surface area contributed by atoms with Gasteiger partial charge in [0.2, 0.25) is 0 Å². The molecule has 0 fully saturated rings. The van der Waals surface area contributed by atoms with Gasteiger partial charge in [-0.3, -0.25) is 4.90 Å². The molecule has 0 aliphatic carbocycles. The minimum atomic E-state index is 0.534. The van der Waals surface area contributed by atoms with E-state index in [-0.39, 0.29) is 0 Å². The maximum atomic E-state index is 8.67. The van der Waals surface area contributed by atoms with Gasteiger partial charge in [0.1, 0.15) is 5.82 Å². The third kappa shape index (κ3) is 6.18. The fraction of sp³-hybridized carbons (Fsp3) is 0.571. The first-order chi connectivity index (χ1) is 9.30. The molecule has 1 aromatic heterocycles. The van der Waals surface area contributed by atoms with E-state index in [0.29, 0.717) is 13.0 Å². The molecular weight excluding hydrogens is 240 g/mol. The molecule has 104 valence electrons. The van der Waals surface area contributed by atoms with Crippen LogP contribution in [0.25, 0.3) is 0 Å². The van der Waals surface area contributed by atoms with Gasteiger partial charge in [-0.1, -0.05) is 6.07 Å². The zero-order chi connectivity index (χ0) is 13.9. The highest BCUT2D eigenvalue weighted by atomic mass is 16.5. The lowest BCUT2D eigenvalue weighted by atomic mass is 10.2. The van der Waals surface area contributed by atoms with Crippen LogP contribution in [0.2, 0.25) is 0 Å². The number of rotatable bonds is 9. The molecule has 1 aromatic rings. The first kappa shape index (κ1) is 15.4. The molecule has 0 amide bonds. The van der Waals surface area contributed by atoms with E-state index in [9.17, 15) is 0 Å². The van der Waals surface area contributed by atoms with Crippen molar-refractivity contribution in [1.29, 1.82) is 5.26 Å². The van der Waals surface area contributed by atoms with Gasteiger partial charge >= 0.3 is 0 Å². The topological polar surface area (TPSA) is 61.2 Å². The summed E-state index contributed by atoms with van der Waals surface area (Å²) in [7, 11) is 1.69. The molecule has 0 saturated heterocycles. The van der Waals surface area contributed by atoms with Gasteiger partial charge in [0.15, 0.2) is 0 Å². The number of hydrogen-bond donors (Lipinski definition) is 1. The number of methoxy groups -OCH3 is 1. The molecule has 0 aliphatic rings. The van der Waals surface area contributed by atoms with Crippen molar-refractivity contribution >= 4 is 5.82 Å². The van der Waals surface area contributed by atoms with Crippen molar-refractivity contribution in [3.05, 3.63) is 23.9 Å². The summed E-state index contributed by atoms with van der Waals surface area (Å²) in [5.41, 5.74) is 1.15. The molecule has 0 radical (unpaired) electrons. The molecule has 19 heavy (non-hydrogen) atoms. The van der Waals surface area contributed by atoms with Crippen LogP contribution in [0.4, 0.5) is 5.82 Å². The number of hydrogen-bond acceptors (Lipinski definition) is 5. The number of ether oxygens (including phenoxy) is 1. The lowest BCUT2D eigenvalue weighted by Gasteiger charge is -2.20. The number of anilines is 1. The van der Waals surface area contributed by atoms with Crippen molar-refractivity contribution in [1.82, 2.24) is 9.88 Å². The summed E-state index contributed by atoms with van der Waals surface area (Å²) in [5.74, 6) is 0.895. The van der Waals surface area contributed by atoms with Gasteiger partial charge in [-0.25, -0.2) is 4.98 Å². The third-order valence-electron chi connectivity index (χ3n) is 2.74. The fourth-order valence-corrected chi connectivity index (χ4v) is 1.76. The zero-order valence-corrected chi connectivity index (χ0v) is 11.7. The summed E-state index contributed by atoms with van der Waals surface area (Å²) in [6, 6.07) is 6.23. The number of nitrogens with one attached hydrogen (secondary N) is 1. The number of pyridine rings is 1. The second-order valence-corrected chi connectivity index (χ2v) is 4.26. The zero-order valence-electron chi connectivity index (χ0n) is 11.7. The summed E-state index contributed by atoms with van der Waals surface area (Å²) in [4.78, 5) is 6.55. The Morgan fingerprint density at radius 2 is 2.26 bits per heavy atom. The molecule has 0 saturated carbocycles. The molecule has 1 rings (SSSR count). The molecule has 5 heteroatoms. The molecule has 0 atom stereocenters. The molecule has 1 heterocycles. The Morgan fingerprint density at radius 1 is 1.42 bits per heavy atom. The van der Waals surface area contributed by atoms with Crippen molar-refractivity contribution in [3.63, 3.8) is 0 Å². The highest BCUT2D eigenvalue weighted by Gasteiger charge is 2.06. The van der Waals surface area contributed by atoms with Crippen LogP contribution in [0, 0.1) is 11.3 Å². The molecule has 0 unspecified atom stereocenters. The van der Waals surface area contributed by atoms with Gasteiger partial charge in [0, 0.05) is 45.9 Å². The second-order valence-electron chi connectivity index (χ2n) is 4.26. The predicted molar refractivity (Wildman–Crippen MR) is 75.8 cm³/mol. The van der Waals surface area contributed by atoms with Crippen molar-refractivity contribution in [2.45, 2.75) is 19.9 Å².